The summed E-state index contributed by atoms with van der Waals surface area (Å²) in [6, 6.07) is 3.24. The van der Waals surface area contributed by atoms with Gasteiger partial charge in [-0.2, -0.15) is 13.2 Å². The van der Waals surface area contributed by atoms with Crippen molar-refractivity contribution in [2.75, 3.05) is 24.3 Å². The SMILES string of the molecule is COC(=O)Nc1ccc2c(-c3nc(N[C@H]4CCC5(CC5)NC4)ncc3C(F)(F)F)c[nH]c2c1Br. The molecule has 1 amide bonds. The van der Waals surface area contributed by atoms with Gasteiger partial charge >= 0.3 is 12.3 Å². The highest BCUT2D eigenvalue weighted by atomic mass is 79.9. The minimum absolute atomic E-state index is 0.0416. The number of rotatable bonds is 4. The Kier molecular flexibility index (Phi) is 5.67. The zero-order chi connectivity index (χ0) is 24.1. The van der Waals surface area contributed by atoms with Crippen LogP contribution in [0.5, 0.6) is 0 Å². The number of nitrogens with one attached hydrogen (secondary N) is 4. The number of benzene rings is 1. The number of amides is 1. The van der Waals surface area contributed by atoms with Crippen LogP contribution in [0.1, 0.15) is 31.2 Å². The Morgan fingerprint density at radius 2 is 2.09 bits per heavy atom. The minimum Gasteiger partial charge on any atom is -0.453 e. The molecule has 8 nitrogen and oxygen atoms in total. The van der Waals surface area contributed by atoms with E-state index in [0.717, 1.165) is 25.6 Å². The van der Waals surface area contributed by atoms with Gasteiger partial charge in [0.25, 0.3) is 0 Å². The average Bonchev–Trinajstić information content (AvgIpc) is 3.42. The van der Waals surface area contributed by atoms with E-state index in [1.807, 2.05) is 0 Å². The first-order valence-electron chi connectivity index (χ1n) is 10.8. The van der Waals surface area contributed by atoms with Crippen molar-refractivity contribution in [3.8, 4) is 11.3 Å². The van der Waals surface area contributed by atoms with Crippen molar-refractivity contribution in [2.24, 2.45) is 0 Å². The van der Waals surface area contributed by atoms with Crippen LogP contribution in [-0.2, 0) is 10.9 Å². The number of carbonyl (C=O) groups is 1. The molecule has 1 atom stereocenters. The third-order valence-corrected chi connectivity index (χ3v) is 7.27. The van der Waals surface area contributed by atoms with E-state index in [-0.39, 0.29) is 28.8 Å². The summed E-state index contributed by atoms with van der Waals surface area (Å²) in [4.78, 5) is 22.8. The summed E-state index contributed by atoms with van der Waals surface area (Å²) in [5, 5.41) is 9.77. The van der Waals surface area contributed by atoms with Crippen molar-refractivity contribution in [2.45, 2.75) is 43.4 Å². The predicted molar refractivity (Wildman–Crippen MR) is 125 cm³/mol. The predicted octanol–water partition coefficient (Wildman–Crippen LogP) is 5.28. The van der Waals surface area contributed by atoms with Gasteiger partial charge in [-0.3, -0.25) is 5.32 Å². The second-order valence-corrected chi connectivity index (χ2v) is 9.46. The first kappa shape index (κ1) is 22.9. The molecule has 0 radical (unpaired) electrons. The Labute approximate surface area is 201 Å². The maximum absolute atomic E-state index is 13.9. The highest BCUT2D eigenvalue weighted by Crippen LogP contribution is 2.43. The summed E-state index contributed by atoms with van der Waals surface area (Å²) in [6.45, 7) is 0.718. The Morgan fingerprint density at radius 3 is 2.74 bits per heavy atom. The molecule has 3 aromatic rings. The number of aromatic nitrogens is 3. The monoisotopic (exact) mass is 538 g/mol. The largest absolute Gasteiger partial charge is 0.453 e. The first-order valence-corrected chi connectivity index (χ1v) is 11.6. The van der Waals surface area contributed by atoms with Gasteiger partial charge in [0.15, 0.2) is 0 Å². The third kappa shape index (κ3) is 4.31. The van der Waals surface area contributed by atoms with E-state index < -0.39 is 17.8 Å². The van der Waals surface area contributed by atoms with Crippen LogP contribution in [0.2, 0.25) is 0 Å². The van der Waals surface area contributed by atoms with E-state index in [9.17, 15) is 18.0 Å². The maximum atomic E-state index is 13.9. The topological polar surface area (TPSA) is 104 Å². The normalized spacial score (nSPS) is 19.3. The summed E-state index contributed by atoms with van der Waals surface area (Å²) in [7, 11) is 1.24. The van der Waals surface area contributed by atoms with Gasteiger partial charge in [-0.1, -0.05) is 6.07 Å². The second-order valence-electron chi connectivity index (χ2n) is 8.66. The van der Waals surface area contributed by atoms with Crippen LogP contribution in [-0.4, -0.2) is 46.3 Å². The lowest BCUT2D eigenvalue weighted by molar-refractivity contribution is -0.137. The maximum Gasteiger partial charge on any atom is 0.419 e. The zero-order valence-corrected chi connectivity index (χ0v) is 19.7. The molecule has 1 aliphatic carbocycles. The lowest BCUT2D eigenvalue weighted by Gasteiger charge is -2.30. The van der Waals surface area contributed by atoms with Gasteiger partial charge in [0, 0.05) is 41.5 Å². The van der Waals surface area contributed by atoms with Crippen LogP contribution >= 0.6 is 15.9 Å². The summed E-state index contributed by atoms with van der Waals surface area (Å²) in [5.74, 6) is 0.152. The van der Waals surface area contributed by atoms with Gasteiger partial charge in [0.05, 0.1) is 28.5 Å². The Morgan fingerprint density at radius 1 is 1.29 bits per heavy atom. The number of halogens is 4. The lowest BCUT2D eigenvalue weighted by atomic mass is 9.99. The number of aromatic amines is 1. The van der Waals surface area contributed by atoms with Crippen molar-refractivity contribution in [1.82, 2.24) is 20.3 Å². The molecule has 0 unspecified atom stereocenters. The molecule has 0 bridgehead atoms. The summed E-state index contributed by atoms with van der Waals surface area (Å²) >= 11 is 3.40. The molecule has 3 heterocycles. The molecular weight excluding hydrogens is 517 g/mol. The van der Waals surface area contributed by atoms with Crippen LogP contribution in [0.15, 0.2) is 29.0 Å². The Bertz CT molecular complexity index is 1250. The van der Waals surface area contributed by atoms with Gasteiger partial charge in [-0.15, -0.1) is 0 Å². The molecule has 34 heavy (non-hydrogen) atoms. The lowest BCUT2D eigenvalue weighted by Crippen LogP contribution is -2.46. The van der Waals surface area contributed by atoms with E-state index in [0.29, 0.717) is 21.1 Å². The molecule has 1 saturated heterocycles. The summed E-state index contributed by atoms with van der Waals surface area (Å²) in [6.07, 6.45) is 1.27. The number of nitrogens with zero attached hydrogens (tertiary/aromatic N) is 2. The quantitative estimate of drug-likeness (QED) is 0.360. The van der Waals surface area contributed by atoms with Crippen LogP contribution in [0.3, 0.4) is 0 Å². The molecule has 1 aromatic carbocycles. The van der Waals surface area contributed by atoms with Gasteiger partial charge in [0.1, 0.15) is 5.56 Å². The number of ether oxygens (including phenoxy) is 1. The van der Waals surface area contributed by atoms with Crippen LogP contribution < -0.4 is 16.0 Å². The zero-order valence-electron chi connectivity index (χ0n) is 18.1. The number of hydrogen-bond donors (Lipinski definition) is 4. The number of alkyl halides is 3. The third-order valence-electron chi connectivity index (χ3n) is 6.45. The molecule has 1 saturated carbocycles. The number of methoxy groups -OCH3 is 1. The number of hydrogen-bond acceptors (Lipinski definition) is 6. The Hall–Kier alpha value is -2.86. The number of fused-ring (bicyclic) bond motifs is 1. The fourth-order valence-corrected chi connectivity index (χ4v) is 4.90. The van der Waals surface area contributed by atoms with Crippen molar-refractivity contribution in [1.29, 1.82) is 0 Å². The fourth-order valence-electron chi connectivity index (χ4n) is 4.35. The van der Waals surface area contributed by atoms with Gasteiger partial charge in [0.2, 0.25) is 5.95 Å². The van der Waals surface area contributed by atoms with Crippen molar-refractivity contribution < 1.29 is 22.7 Å². The molecule has 2 aliphatic rings. The first-order chi connectivity index (χ1) is 16.2. The number of H-pyrrole nitrogens is 1. The van der Waals surface area contributed by atoms with Crippen molar-refractivity contribution >= 4 is 44.6 Å². The van der Waals surface area contributed by atoms with E-state index in [2.05, 4.69) is 51.6 Å². The van der Waals surface area contributed by atoms with E-state index in [4.69, 9.17) is 0 Å². The van der Waals surface area contributed by atoms with Crippen LogP contribution in [0.4, 0.5) is 29.6 Å². The molecule has 2 fully saturated rings. The van der Waals surface area contributed by atoms with Gasteiger partial charge < -0.3 is 20.4 Å². The molecular formula is C22H22BrF3N6O2. The molecule has 4 N–H and O–H groups in total. The van der Waals surface area contributed by atoms with Crippen molar-refractivity contribution in [3.05, 3.63) is 34.6 Å². The van der Waals surface area contributed by atoms with E-state index >= 15 is 0 Å². The Balaban J connectivity index is 1.50. The number of carbonyl (C=O) groups excluding carboxylic acids is 1. The minimum atomic E-state index is -4.63. The van der Waals surface area contributed by atoms with Crippen molar-refractivity contribution in [3.63, 3.8) is 0 Å². The highest BCUT2D eigenvalue weighted by Gasteiger charge is 2.45. The van der Waals surface area contributed by atoms with Gasteiger partial charge in [-0.25, -0.2) is 14.8 Å². The van der Waals surface area contributed by atoms with Crippen LogP contribution in [0.25, 0.3) is 22.2 Å². The fraction of sp³-hybridized carbons (Fsp3) is 0.409. The van der Waals surface area contributed by atoms with E-state index in [1.165, 1.54) is 26.1 Å². The number of anilines is 2. The molecule has 1 aliphatic heterocycles. The summed E-state index contributed by atoms with van der Waals surface area (Å²) in [5.41, 5.74) is 0.314. The second kappa shape index (κ2) is 8.42. The standard InChI is InChI=1S/C22H22BrF3N6O2/c1-34-20(33)31-15-3-2-12-13(9-27-18(12)16(15)23)17-14(22(24,25)26)10-28-19(32-17)30-11-4-5-21(6-7-21)29-8-11/h2-3,9-11,27,29H,4-8H2,1H3,(H,31,33)(H,28,30,32)/t11-/m0/s1. The number of piperidine rings is 1. The van der Waals surface area contributed by atoms with E-state index in [1.54, 1.807) is 12.1 Å². The molecule has 1 spiro atoms. The molecule has 12 heteroatoms. The highest BCUT2D eigenvalue weighted by molar-refractivity contribution is 9.10. The molecule has 5 rings (SSSR count). The smallest absolute Gasteiger partial charge is 0.419 e. The van der Waals surface area contributed by atoms with Gasteiger partial charge in [-0.05, 0) is 47.7 Å². The average molecular weight is 539 g/mol. The molecule has 2 aromatic heterocycles. The summed E-state index contributed by atoms with van der Waals surface area (Å²) < 4.78 is 46.7. The molecule has 180 valence electrons. The van der Waals surface area contributed by atoms with Crippen LogP contribution in [0, 0.1) is 0 Å².